The Balaban J connectivity index is 3.16. The van der Waals surface area contributed by atoms with Crippen molar-refractivity contribution in [3.05, 3.63) is 24.0 Å². The topological polar surface area (TPSA) is 0 Å². The number of hydrogen-bond donors (Lipinski definition) is 0. The Morgan fingerprint density at radius 3 is 2.23 bits per heavy atom. The molecule has 72 valence electrons. The summed E-state index contributed by atoms with van der Waals surface area (Å²) in [5, 5.41) is 0. The zero-order valence-electron chi connectivity index (χ0n) is 6.73. The molecular weight excluding hydrogens is 203 g/mol. The van der Waals surface area contributed by atoms with Gasteiger partial charge in [-0.3, -0.25) is 0 Å². The molecule has 0 aromatic heterocycles. The number of halogens is 4. The first-order valence-electron chi connectivity index (χ1n) is 3.48. The second kappa shape index (κ2) is 3.61. The fourth-order valence-corrected chi connectivity index (χ4v) is 1.38. The average Bonchev–Trinajstić information content (AvgIpc) is 2.01. The van der Waals surface area contributed by atoms with E-state index in [0.717, 1.165) is 23.9 Å². The molecule has 0 spiro atoms. The van der Waals surface area contributed by atoms with Gasteiger partial charge in [0.25, 0.3) is 0 Å². The molecule has 0 heterocycles. The Morgan fingerprint density at radius 1 is 1.15 bits per heavy atom. The van der Waals surface area contributed by atoms with Gasteiger partial charge in [0, 0.05) is 4.90 Å². The Bertz CT molecular complexity index is 310. The normalized spacial score (nSPS) is 11.8. The van der Waals surface area contributed by atoms with Crippen LogP contribution in [-0.2, 0) is 0 Å². The Kier molecular flexibility index (Phi) is 2.90. The maximum atomic E-state index is 12.6. The van der Waals surface area contributed by atoms with Gasteiger partial charge in [-0.1, -0.05) is 12.1 Å². The second-order valence-electron chi connectivity index (χ2n) is 2.50. The van der Waals surface area contributed by atoms with Gasteiger partial charge in [-0.2, -0.15) is 0 Å². The summed E-state index contributed by atoms with van der Waals surface area (Å²) in [7, 11) is 0. The minimum atomic E-state index is -5.10. The van der Waals surface area contributed by atoms with E-state index in [1.165, 1.54) is 0 Å². The maximum absolute atomic E-state index is 12.6. The van der Waals surface area contributed by atoms with Crippen molar-refractivity contribution in [1.29, 1.82) is 0 Å². The molecule has 0 aliphatic heterocycles. The lowest BCUT2D eigenvalue weighted by molar-refractivity contribution is 0.499. The van der Waals surface area contributed by atoms with Crippen molar-refractivity contribution < 1.29 is 17.3 Å². The molecule has 0 aliphatic rings. The van der Waals surface area contributed by atoms with Crippen molar-refractivity contribution in [2.75, 3.05) is 6.26 Å². The van der Waals surface area contributed by atoms with Gasteiger partial charge in [0.05, 0.1) is 0 Å². The highest BCUT2D eigenvalue weighted by Crippen LogP contribution is 2.17. The molecule has 0 nitrogen and oxygen atoms in total. The van der Waals surface area contributed by atoms with Crippen LogP contribution in [0.4, 0.5) is 17.3 Å². The molecule has 13 heavy (non-hydrogen) atoms. The van der Waals surface area contributed by atoms with Crippen LogP contribution >= 0.6 is 11.8 Å². The van der Waals surface area contributed by atoms with Crippen LogP contribution in [0.5, 0.6) is 0 Å². The molecular formula is C7H6BF4S-. The molecule has 1 aromatic carbocycles. The molecule has 0 saturated heterocycles. The van der Waals surface area contributed by atoms with Crippen LogP contribution in [0.2, 0.25) is 0 Å². The van der Waals surface area contributed by atoms with E-state index in [2.05, 4.69) is 0 Å². The predicted octanol–water partition coefficient (Wildman–Crippen LogP) is 2.60. The van der Waals surface area contributed by atoms with Crippen molar-refractivity contribution in [1.82, 2.24) is 0 Å². The van der Waals surface area contributed by atoms with E-state index >= 15 is 0 Å². The Hall–Kier alpha value is -0.645. The Labute approximate surface area is 77.4 Å². The SMILES string of the molecule is CSc1cc(F)cc([B-](F)(F)F)c1. The lowest BCUT2D eigenvalue weighted by Crippen LogP contribution is -2.34. The van der Waals surface area contributed by atoms with Crippen LogP contribution in [0.25, 0.3) is 0 Å². The van der Waals surface area contributed by atoms with Crippen molar-refractivity contribution in [2.24, 2.45) is 0 Å². The van der Waals surface area contributed by atoms with E-state index in [-0.39, 0.29) is 4.90 Å². The zero-order chi connectivity index (χ0) is 10.1. The average molecular weight is 209 g/mol. The quantitative estimate of drug-likeness (QED) is 0.409. The van der Waals surface area contributed by atoms with E-state index < -0.39 is 18.3 Å². The molecule has 0 radical (unpaired) electrons. The number of rotatable bonds is 2. The molecule has 0 unspecified atom stereocenters. The molecule has 0 atom stereocenters. The first-order chi connectivity index (χ1) is 5.93. The number of hydrogen-bond acceptors (Lipinski definition) is 1. The van der Waals surface area contributed by atoms with Crippen molar-refractivity contribution in [3.63, 3.8) is 0 Å². The van der Waals surface area contributed by atoms with Crippen LogP contribution < -0.4 is 5.46 Å². The first kappa shape index (κ1) is 10.4. The van der Waals surface area contributed by atoms with E-state index in [9.17, 15) is 17.3 Å². The van der Waals surface area contributed by atoms with Crippen molar-refractivity contribution >= 4 is 24.2 Å². The first-order valence-corrected chi connectivity index (χ1v) is 4.70. The summed E-state index contributed by atoms with van der Waals surface area (Å²) >= 11 is 1.08. The summed E-state index contributed by atoms with van der Waals surface area (Å²) in [6.45, 7) is -5.10. The third kappa shape index (κ3) is 2.65. The maximum Gasteiger partial charge on any atom is 0.509 e. The standard InChI is InChI=1S/C7H6BF4S/c1-13-7-3-5(8(10,11)12)2-6(9)4-7/h2-4H,1H3/q-1. The van der Waals surface area contributed by atoms with Crippen LogP contribution in [0.3, 0.4) is 0 Å². The summed E-state index contributed by atoms with van der Waals surface area (Å²) < 4.78 is 49.2. The van der Waals surface area contributed by atoms with Gasteiger partial charge in [-0.05, 0) is 12.3 Å². The molecule has 0 aliphatic carbocycles. The highest BCUT2D eigenvalue weighted by Gasteiger charge is 2.26. The van der Waals surface area contributed by atoms with Crippen molar-refractivity contribution in [3.8, 4) is 0 Å². The molecule has 0 N–H and O–H groups in total. The van der Waals surface area contributed by atoms with Gasteiger partial charge in [-0.25, -0.2) is 4.39 Å². The molecule has 1 aromatic rings. The van der Waals surface area contributed by atoms with E-state index in [0.29, 0.717) is 6.07 Å². The van der Waals surface area contributed by atoms with Crippen LogP contribution in [0.1, 0.15) is 0 Å². The van der Waals surface area contributed by atoms with E-state index in [1.54, 1.807) is 6.26 Å². The lowest BCUT2D eigenvalue weighted by Gasteiger charge is -2.15. The number of benzene rings is 1. The molecule has 0 fully saturated rings. The highest BCUT2D eigenvalue weighted by molar-refractivity contribution is 7.98. The largest absolute Gasteiger partial charge is 0.509 e. The van der Waals surface area contributed by atoms with Gasteiger partial charge in [-0.15, -0.1) is 17.2 Å². The monoisotopic (exact) mass is 209 g/mol. The summed E-state index contributed by atoms with van der Waals surface area (Å²) in [6.07, 6.45) is 1.60. The fraction of sp³-hybridized carbons (Fsp3) is 0.143. The van der Waals surface area contributed by atoms with E-state index in [1.807, 2.05) is 0 Å². The third-order valence-electron chi connectivity index (χ3n) is 1.51. The molecule has 0 saturated carbocycles. The lowest BCUT2D eigenvalue weighted by atomic mass is 9.80. The Morgan fingerprint density at radius 2 is 1.77 bits per heavy atom. The minimum Gasteiger partial charge on any atom is -0.445 e. The molecule has 0 bridgehead atoms. The number of thioether (sulfide) groups is 1. The third-order valence-corrected chi connectivity index (χ3v) is 2.21. The molecule has 6 heteroatoms. The minimum absolute atomic E-state index is 0.286. The fourth-order valence-electron chi connectivity index (χ4n) is 0.891. The van der Waals surface area contributed by atoms with Crippen LogP contribution in [0.15, 0.2) is 23.1 Å². The summed E-state index contributed by atoms with van der Waals surface area (Å²) in [4.78, 5) is 0.286. The highest BCUT2D eigenvalue weighted by atomic mass is 32.2. The van der Waals surface area contributed by atoms with Gasteiger partial charge in [0.2, 0.25) is 0 Å². The van der Waals surface area contributed by atoms with Gasteiger partial charge < -0.3 is 12.9 Å². The van der Waals surface area contributed by atoms with Gasteiger partial charge >= 0.3 is 6.98 Å². The van der Waals surface area contributed by atoms with Gasteiger partial charge in [0.15, 0.2) is 0 Å². The van der Waals surface area contributed by atoms with Crippen LogP contribution in [-0.4, -0.2) is 13.2 Å². The zero-order valence-corrected chi connectivity index (χ0v) is 7.55. The molecule has 1 rings (SSSR count). The van der Waals surface area contributed by atoms with Crippen LogP contribution in [0, 0.1) is 5.82 Å². The summed E-state index contributed by atoms with van der Waals surface area (Å²) in [6, 6.07) is 2.55. The van der Waals surface area contributed by atoms with Crippen molar-refractivity contribution in [2.45, 2.75) is 4.90 Å². The molecule has 0 amide bonds. The van der Waals surface area contributed by atoms with E-state index in [4.69, 9.17) is 0 Å². The predicted molar refractivity (Wildman–Crippen MR) is 46.9 cm³/mol. The van der Waals surface area contributed by atoms with Gasteiger partial charge in [0.1, 0.15) is 5.82 Å². The smallest absolute Gasteiger partial charge is 0.445 e. The summed E-state index contributed by atoms with van der Waals surface area (Å²) in [5.74, 6) is -0.846. The second-order valence-corrected chi connectivity index (χ2v) is 3.38. The summed E-state index contributed by atoms with van der Waals surface area (Å²) in [5.41, 5.74) is -0.885.